The standard InChI is InChI=1S/C13H10ClNO3/c1-18-12-6-5-8(14)7-9(12)10-3-2-4-11(15-10)13(16)17/h2-7H,1H3,(H,16,17). The van der Waals surface area contributed by atoms with Crippen molar-refractivity contribution in [1.29, 1.82) is 0 Å². The summed E-state index contributed by atoms with van der Waals surface area (Å²) in [4.78, 5) is 14.9. The van der Waals surface area contributed by atoms with E-state index in [1.54, 1.807) is 30.3 Å². The van der Waals surface area contributed by atoms with E-state index in [1.165, 1.54) is 13.2 Å². The van der Waals surface area contributed by atoms with Crippen molar-refractivity contribution < 1.29 is 14.6 Å². The smallest absolute Gasteiger partial charge is 0.354 e. The third-order valence-corrected chi connectivity index (χ3v) is 2.64. The Morgan fingerprint density at radius 3 is 2.78 bits per heavy atom. The van der Waals surface area contributed by atoms with E-state index in [-0.39, 0.29) is 5.69 Å². The fourth-order valence-electron chi connectivity index (χ4n) is 1.58. The van der Waals surface area contributed by atoms with Crippen LogP contribution in [0.15, 0.2) is 36.4 Å². The summed E-state index contributed by atoms with van der Waals surface area (Å²) in [5.74, 6) is -0.479. The summed E-state index contributed by atoms with van der Waals surface area (Å²) >= 11 is 5.93. The number of benzene rings is 1. The van der Waals surface area contributed by atoms with Crippen LogP contribution in [-0.4, -0.2) is 23.2 Å². The van der Waals surface area contributed by atoms with Gasteiger partial charge in [-0.3, -0.25) is 0 Å². The molecule has 1 aromatic heterocycles. The van der Waals surface area contributed by atoms with Gasteiger partial charge in [-0.2, -0.15) is 0 Å². The Balaban J connectivity index is 2.57. The molecule has 0 bridgehead atoms. The highest BCUT2D eigenvalue weighted by Crippen LogP contribution is 2.31. The van der Waals surface area contributed by atoms with Crippen LogP contribution < -0.4 is 4.74 Å². The van der Waals surface area contributed by atoms with E-state index in [2.05, 4.69) is 4.98 Å². The van der Waals surface area contributed by atoms with Crippen molar-refractivity contribution in [3.63, 3.8) is 0 Å². The van der Waals surface area contributed by atoms with Gasteiger partial charge < -0.3 is 9.84 Å². The molecule has 5 heteroatoms. The van der Waals surface area contributed by atoms with Crippen LogP contribution in [0.1, 0.15) is 10.5 Å². The SMILES string of the molecule is COc1ccc(Cl)cc1-c1cccc(C(=O)O)n1. The molecule has 0 unspecified atom stereocenters. The van der Waals surface area contributed by atoms with E-state index in [0.29, 0.717) is 22.0 Å². The average Bonchev–Trinajstić information content (AvgIpc) is 2.39. The molecular formula is C13H10ClNO3. The molecule has 1 N–H and O–H groups in total. The van der Waals surface area contributed by atoms with Crippen LogP contribution in [0.5, 0.6) is 5.75 Å². The highest BCUT2D eigenvalue weighted by molar-refractivity contribution is 6.30. The number of hydrogen-bond donors (Lipinski definition) is 1. The van der Waals surface area contributed by atoms with E-state index in [4.69, 9.17) is 21.4 Å². The van der Waals surface area contributed by atoms with Crippen molar-refractivity contribution in [2.75, 3.05) is 7.11 Å². The number of pyridine rings is 1. The van der Waals surface area contributed by atoms with Gasteiger partial charge in [0, 0.05) is 10.6 Å². The van der Waals surface area contributed by atoms with Crippen molar-refractivity contribution in [2.24, 2.45) is 0 Å². The Kier molecular flexibility index (Phi) is 3.48. The topological polar surface area (TPSA) is 59.4 Å². The summed E-state index contributed by atoms with van der Waals surface area (Å²) in [5, 5.41) is 9.45. The largest absolute Gasteiger partial charge is 0.496 e. The normalized spacial score (nSPS) is 10.1. The molecule has 0 radical (unpaired) electrons. The molecule has 0 aliphatic heterocycles. The molecule has 0 saturated carbocycles. The Labute approximate surface area is 109 Å². The number of aromatic nitrogens is 1. The van der Waals surface area contributed by atoms with Crippen LogP contribution in [0.3, 0.4) is 0 Å². The van der Waals surface area contributed by atoms with Crippen LogP contribution >= 0.6 is 11.6 Å². The van der Waals surface area contributed by atoms with Crippen molar-refractivity contribution in [2.45, 2.75) is 0 Å². The maximum atomic E-state index is 10.9. The molecule has 18 heavy (non-hydrogen) atoms. The Hall–Kier alpha value is -2.07. The van der Waals surface area contributed by atoms with Gasteiger partial charge >= 0.3 is 5.97 Å². The summed E-state index contributed by atoms with van der Waals surface area (Å²) in [5.41, 5.74) is 1.15. The van der Waals surface area contributed by atoms with E-state index in [9.17, 15) is 4.79 Å². The minimum Gasteiger partial charge on any atom is -0.496 e. The van der Waals surface area contributed by atoms with Crippen molar-refractivity contribution in [3.8, 4) is 17.0 Å². The maximum Gasteiger partial charge on any atom is 0.354 e. The Morgan fingerprint density at radius 1 is 1.33 bits per heavy atom. The lowest BCUT2D eigenvalue weighted by atomic mass is 10.1. The number of hydrogen-bond acceptors (Lipinski definition) is 3. The van der Waals surface area contributed by atoms with Crippen LogP contribution in [0.25, 0.3) is 11.3 Å². The number of carboxylic acid groups (broad SMARTS) is 1. The van der Waals surface area contributed by atoms with Crippen LogP contribution in [-0.2, 0) is 0 Å². The lowest BCUT2D eigenvalue weighted by Crippen LogP contribution is -2.01. The third kappa shape index (κ3) is 2.43. The predicted octanol–water partition coefficient (Wildman–Crippen LogP) is 3.11. The highest BCUT2D eigenvalue weighted by Gasteiger charge is 2.11. The summed E-state index contributed by atoms with van der Waals surface area (Å²) < 4.78 is 5.21. The molecule has 92 valence electrons. The van der Waals surface area contributed by atoms with E-state index in [1.807, 2.05) is 0 Å². The molecule has 0 amide bonds. The van der Waals surface area contributed by atoms with E-state index in [0.717, 1.165) is 0 Å². The lowest BCUT2D eigenvalue weighted by Gasteiger charge is -2.08. The van der Waals surface area contributed by atoms with Crippen molar-refractivity contribution in [1.82, 2.24) is 4.98 Å². The van der Waals surface area contributed by atoms with Gasteiger partial charge in [-0.1, -0.05) is 17.7 Å². The van der Waals surface area contributed by atoms with Crippen LogP contribution in [0, 0.1) is 0 Å². The average molecular weight is 264 g/mol. The van der Waals surface area contributed by atoms with Gasteiger partial charge in [-0.25, -0.2) is 9.78 Å². The molecule has 1 aromatic carbocycles. The van der Waals surface area contributed by atoms with Crippen molar-refractivity contribution in [3.05, 3.63) is 47.1 Å². The molecule has 0 spiro atoms. The molecule has 0 aliphatic rings. The second-order valence-electron chi connectivity index (χ2n) is 3.56. The van der Waals surface area contributed by atoms with Crippen LogP contribution in [0.2, 0.25) is 5.02 Å². The van der Waals surface area contributed by atoms with Gasteiger partial charge in [0.15, 0.2) is 0 Å². The molecule has 2 rings (SSSR count). The zero-order valence-corrected chi connectivity index (χ0v) is 10.3. The van der Waals surface area contributed by atoms with Gasteiger partial charge in [0.2, 0.25) is 0 Å². The minimum absolute atomic E-state index is 0.0190. The lowest BCUT2D eigenvalue weighted by molar-refractivity contribution is 0.0690. The number of carboxylic acids is 1. The number of rotatable bonds is 3. The molecule has 1 heterocycles. The van der Waals surface area contributed by atoms with Gasteiger partial charge in [0.05, 0.1) is 12.8 Å². The second-order valence-corrected chi connectivity index (χ2v) is 3.99. The number of aromatic carboxylic acids is 1. The molecule has 2 aromatic rings. The fraction of sp³-hybridized carbons (Fsp3) is 0.0769. The van der Waals surface area contributed by atoms with Crippen LogP contribution in [0.4, 0.5) is 0 Å². The summed E-state index contributed by atoms with van der Waals surface area (Å²) in [6, 6.07) is 9.88. The first-order valence-electron chi connectivity index (χ1n) is 5.16. The zero-order chi connectivity index (χ0) is 13.1. The first-order chi connectivity index (χ1) is 8.61. The number of nitrogens with zero attached hydrogens (tertiary/aromatic N) is 1. The quantitative estimate of drug-likeness (QED) is 0.924. The third-order valence-electron chi connectivity index (χ3n) is 2.41. The van der Waals surface area contributed by atoms with Crippen molar-refractivity contribution >= 4 is 17.6 Å². The molecule has 0 saturated heterocycles. The monoisotopic (exact) mass is 263 g/mol. The molecule has 0 aliphatic carbocycles. The molecular weight excluding hydrogens is 254 g/mol. The first kappa shape index (κ1) is 12.4. The van der Waals surface area contributed by atoms with E-state index >= 15 is 0 Å². The van der Waals surface area contributed by atoms with Gasteiger partial charge in [-0.15, -0.1) is 0 Å². The predicted molar refractivity (Wildman–Crippen MR) is 68.2 cm³/mol. The molecule has 0 atom stereocenters. The fourth-order valence-corrected chi connectivity index (χ4v) is 1.76. The molecule has 0 fully saturated rings. The highest BCUT2D eigenvalue weighted by atomic mass is 35.5. The first-order valence-corrected chi connectivity index (χ1v) is 5.54. The summed E-state index contributed by atoms with van der Waals surface area (Å²) in [7, 11) is 1.54. The van der Waals surface area contributed by atoms with Gasteiger partial charge in [-0.05, 0) is 30.3 Å². The Bertz CT molecular complexity index is 599. The number of carbonyl (C=O) groups is 1. The number of methoxy groups -OCH3 is 1. The van der Waals surface area contributed by atoms with E-state index < -0.39 is 5.97 Å². The minimum atomic E-state index is -1.07. The van der Waals surface area contributed by atoms with Gasteiger partial charge in [0.25, 0.3) is 0 Å². The Morgan fingerprint density at radius 2 is 2.11 bits per heavy atom. The maximum absolute atomic E-state index is 10.9. The zero-order valence-electron chi connectivity index (χ0n) is 9.55. The number of ether oxygens (including phenoxy) is 1. The summed E-state index contributed by atoms with van der Waals surface area (Å²) in [6.45, 7) is 0. The van der Waals surface area contributed by atoms with Gasteiger partial charge in [0.1, 0.15) is 11.4 Å². The molecule has 4 nitrogen and oxygen atoms in total. The second kappa shape index (κ2) is 5.06. The number of halogens is 1. The summed E-state index contributed by atoms with van der Waals surface area (Å²) in [6.07, 6.45) is 0.